The molecule has 0 saturated heterocycles. The first kappa shape index (κ1) is 21.3. The molecule has 10 heteroatoms. The number of carbonyl (C=O) groups excluding carboxylic acids is 1. The number of nitro benzene ring substituents is 1. The summed E-state index contributed by atoms with van der Waals surface area (Å²) < 4.78 is 1.22. The molecule has 0 aliphatic heterocycles. The van der Waals surface area contributed by atoms with Crippen molar-refractivity contribution in [3.63, 3.8) is 0 Å². The first-order chi connectivity index (χ1) is 11.8. The second kappa shape index (κ2) is 9.07. The monoisotopic (exact) mass is 381 g/mol. The van der Waals surface area contributed by atoms with E-state index in [9.17, 15) is 19.7 Å². The van der Waals surface area contributed by atoms with Gasteiger partial charge in [-0.2, -0.15) is 5.10 Å². The maximum absolute atomic E-state index is 12.2. The number of nitrogens with two attached hydrogens (primary N) is 1. The summed E-state index contributed by atoms with van der Waals surface area (Å²) >= 11 is 0. The molecule has 1 heterocycles. The number of aromatic nitrogens is 2. The van der Waals surface area contributed by atoms with Crippen molar-refractivity contribution >= 4 is 24.0 Å². The molecule has 9 nitrogen and oxygen atoms in total. The van der Waals surface area contributed by atoms with Crippen molar-refractivity contribution in [1.82, 2.24) is 15.1 Å². The summed E-state index contributed by atoms with van der Waals surface area (Å²) in [6.07, 6.45) is 0. The lowest BCUT2D eigenvalue weighted by atomic mass is 10.2. The number of benzene rings is 1. The summed E-state index contributed by atoms with van der Waals surface area (Å²) in [4.78, 5) is 35.0. The Balaban J connectivity index is 0.00000338. The molecule has 1 aromatic carbocycles. The molecule has 2 aromatic rings. The molecule has 0 spiro atoms. The van der Waals surface area contributed by atoms with Gasteiger partial charge >= 0.3 is 0 Å². The molecule has 0 bridgehead atoms. The summed E-state index contributed by atoms with van der Waals surface area (Å²) in [6, 6.07) is 7.20. The predicted octanol–water partition coefficient (Wildman–Crippen LogP) is 1.20. The first-order valence-corrected chi connectivity index (χ1v) is 7.68. The topological polar surface area (TPSA) is 133 Å². The number of nitrogens with zero attached hydrogens (tertiary/aromatic N) is 3. The van der Waals surface area contributed by atoms with E-state index < -0.39 is 16.3 Å². The SMILES string of the molecule is Cc1cc(=O)c(C(=O)NCC(C)CN)nn1-c1ccccc1[N+](=O)[O-].Cl. The molecule has 0 radical (unpaired) electrons. The minimum absolute atomic E-state index is 0. The van der Waals surface area contributed by atoms with Crippen molar-refractivity contribution < 1.29 is 9.72 Å². The zero-order valence-electron chi connectivity index (χ0n) is 14.3. The zero-order valence-corrected chi connectivity index (χ0v) is 15.2. The van der Waals surface area contributed by atoms with Gasteiger partial charge in [-0.25, -0.2) is 4.68 Å². The van der Waals surface area contributed by atoms with Crippen molar-refractivity contribution in [2.75, 3.05) is 13.1 Å². The van der Waals surface area contributed by atoms with Crippen LogP contribution in [-0.2, 0) is 0 Å². The van der Waals surface area contributed by atoms with Gasteiger partial charge in [0.2, 0.25) is 5.43 Å². The number of para-hydroxylation sites is 2. The largest absolute Gasteiger partial charge is 0.350 e. The Labute approximate surface area is 155 Å². The molecule has 0 aliphatic rings. The van der Waals surface area contributed by atoms with Gasteiger partial charge in [0.15, 0.2) is 5.69 Å². The molecule has 1 amide bonds. The van der Waals surface area contributed by atoms with E-state index in [2.05, 4.69) is 10.4 Å². The summed E-state index contributed by atoms with van der Waals surface area (Å²) in [6.45, 7) is 4.13. The van der Waals surface area contributed by atoms with E-state index in [0.29, 0.717) is 18.8 Å². The highest BCUT2D eigenvalue weighted by molar-refractivity contribution is 5.92. The van der Waals surface area contributed by atoms with E-state index >= 15 is 0 Å². The van der Waals surface area contributed by atoms with Crippen LogP contribution in [0.25, 0.3) is 5.69 Å². The molecule has 2 rings (SSSR count). The van der Waals surface area contributed by atoms with Crippen LogP contribution in [0.3, 0.4) is 0 Å². The molecule has 1 unspecified atom stereocenters. The smallest absolute Gasteiger partial charge is 0.294 e. The fourth-order valence-electron chi connectivity index (χ4n) is 2.18. The van der Waals surface area contributed by atoms with E-state index in [4.69, 9.17) is 5.73 Å². The van der Waals surface area contributed by atoms with E-state index in [0.717, 1.165) is 0 Å². The Morgan fingerprint density at radius 3 is 2.69 bits per heavy atom. The van der Waals surface area contributed by atoms with E-state index in [1.807, 2.05) is 6.92 Å². The van der Waals surface area contributed by atoms with Crippen LogP contribution >= 0.6 is 12.4 Å². The summed E-state index contributed by atoms with van der Waals surface area (Å²) in [5.41, 5.74) is 5.00. The third-order valence-corrected chi connectivity index (χ3v) is 3.64. The minimum atomic E-state index is -0.641. The summed E-state index contributed by atoms with van der Waals surface area (Å²) in [5, 5.41) is 17.9. The lowest BCUT2D eigenvalue weighted by Crippen LogP contribution is -2.35. The first-order valence-electron chi connectivity index (χ1n) is 7.68. The molecule has 0 aliphatic carbocycles. The van der Waals surface area contributed by atoms with Crippen LogP contribution in [0.4, 0.5) is 5.69 Å². The Hall–Kier alpha value is -2.78. The van der Waals surface area contributed by atoms with Crippen molar-refractivity contribution in [2.45, 2.75) is 13.8 Å². The van der Waals surface area contributed by atoms with Gasteiger partial charge in [-0.1, -0.05) is 19.1 Å². The standard InChI is InChI=1S/C16H19N5O4.ClH/c1-10(8-17)9-18-16(23)15-14(22)7-11(2)20(19-15)12-5-3-4-6-13(12)21(24)25;/h3-7,10H,8-9,17H2,1-2H3,(H,18,23);1H. The molecule has 1 atom stereocenters. The fourth-order valence-corrected chi connectivity index (χ4v) is 2.18. The van der Waals surface area contributed by atoms with Crippen molar-refractivity contribution in [2.24, 2.45) is 11.7 Å². The molecular formula is C16H20ClN5O4. The average Bonchev–Trinajstić information content (AvgIpc) is 2.59. The highest BCUT2D eigenvalue weighted by Crippen LogP contribution is 2.22. The number of hydrogen-bond donors (Lipinski definition) is 2. The van der Waals surface area contributed by atoms with Crippen LogP contribution in [0.1, 0.15) is 23.1 Å². The van der Waals surface area contributed by atoms with Crippen LogP contribution < -0.4 is 16.5 Å². The van der Waals surface area contributed by atoms with Gasteiger partial charge in [0.25, 0.3) is 11.6 Å². The fraction of sp³-hybridized carbons (Fsp3) is 0.312. The number of amides is 1. The predicted molar refractivity (Wildman–Crippen MR) is 99.0 cm³/mol. The van der Waals surface area contributed by atoms with Crippen molar-refractivity contribution in [3.05, 3.63) is 62.1 Å². The maximum Gasteiger partial charge on any atom is 0.294 e. The third-order valence-electron chi connectivity index (χ3n) is 3.64. The van der Waals surface area contributed by atoms with Crippen LogP contribution in [0.2, 0.25) is 0 Å². The van der Waals surface area contributed by atoms with Crippen LogP contribution in [0.15, 0.2) is 35.1 Å². The zero-order chi connectivity index (χ0) is 18.6. The average molecular weight is 382 g/mol. The molecule has 3 N–H and O–H groups in total. The van der Waals surface area contributed by atoms with Gasteiger partial charge in [-0.3, -0.25) is 19.7 Å². The van der Waals surface area contributed by atoms with Gasteiger partial charge in [0, 0.05) is 24.4 Å². The molecule has 0 fully saturated rings. The second-order valence-electron chi connectivity index (χ2n) is 5.71. The van der Waals surface area contributed by atoms with Gasteiger partial charge in [0.1, 0.15) is 5.69 Å². The quantitative estimate of drug-likeness (QED) is 0.570. The number of nitro groups is 1. The molecule has 26 heavy (non-hydrogen) atoms. The Kier molecular flexibility index (Phi) is 7.41. The van der Waals surface area contributed by atoms with Gasteiger partial charge in [0.05, 0.1) is 4.92 Å². The lowest BCUT2D eigenvalue weighted by Gasteiger charge is -2.12. The van der Waals surface area contributed by atoms with Crippen LogP contribution in [-0.4, -0.2) is 33.7 Å². The van der Waals surface area contributed by atoms with Gasteiger partial charge in [-0.15, -0.1) is 12.4 Å². The number of hydrogen-bond acceptors (Lipinski definition) is 6. The third kappa shape index (κ3) is 4.64. The van der Waals surface area contributed by atoms with Crippen molar-refractivity contribution in [1.29, 1.82) is 0 Å². The minimum Gasteiger partial charge on any atom is -0.350 e. The van der Waals surface area contributed by atoms with Crippen LogP contribution in [0, 0.1) is 23.0 Å². The number of nitrogens with one attached hydrogen (secondary N) is 1. The van der Waals surface area contributed by atoms with Crippen molar-refractivity contribution in [3.8, 4) is 5.69 Å². The second-order valence-corrected chi connectivity index (χ2v) is 5.71. The molecule has 0 saturated carbocycles. The lowest BCUT2D eigenvalue weighted by molar-refractivity contribution is -0.384. The molecule has 140 valence electrons. The Morgan fingerprint density at radius 1 is 1.42 bits per heavy atom. The highest BCUT2D eigenvalue weighted by atomic mass is 35.5. The van der Waals surface area contributed by atoms with E-state index in [-0.39, 0.29) is 35.4 Å². The molecular weight excluding hydrogens is 362 g/mol. The Bertz CT molecular complexity index is 868. The normalized spacial score (nSPS) is 11.3. The van der Waals surface area contributed by atoms with E-state index in [1.165, 1.54) is 28.9 Å². The highest BCUT2D eigenvalue weighted by Gasteiger charge is 2.20. The van der Waals surface area contributed by atoms with Crippen LogP contribution in [0.5, 0.6) is 0 Å². The number of aryl methyl sites for hydroxylation is 1. The Morgan fingerprint density at radius 2 is 2.08 bits per heavy atom. The van der Waals surface area contributed by atoms with Gasteiger partial charge in [-0.05, 0) is 25.5 Å². The molecule has 1 aromatic heterocycles. The maximum atomic E-state index is 12.2. The number of halogens is 1. The van der Waals surface area contributed by atoms with E-state index in [1.54, 1.807) is 13.0 Å². The number of carbonyl (C=O) groups is 1. The number of rotatable bonds is 6. The summed E-state index contributed by atoms with van der Waals surface area (Å²) in [5.74, 6) is -0.593. The van der Waals surface area contributed by atoms with Gasteiger partial charge < -0.3 is 11.1 Å². The summed E-state index contributed by atoms with van der Waals surface area (Å²) in [7, 11) is 0.